The minimum absolute atomic E-state index is 0.0505. The zero-order valence-corrected chi connectivity index (χ0v) is 19.4. The third kappa shape index (κ3) is 7.27. The van der Waals surface area contributed by atoms with Crippen molar-refractivity contribution in [3.05, 3.63) is 35.9 Å². The summed E-state index contributed by atoms with van der Waals surface area (Å²) in [4.78, 5) is 51.9. The lowest BCUT2D eigenvalue weighted by molar-refractivity contribution is -0.154. The van der Waals surface area contributed by atoms with Crippen molar-refractivity contribution in [1.29, 1.82) is 0 Å². The summed E-state index contributed by atoms with van der Waals surface area (Å²) >= 11 is 0. The first-order chi connectivity index (χ1) is 14.1. The highest BCUT2D eigenvalue weighted by Crippen LogP contribution is 2.25. The van der Waals surface area contributed by atoms with Crippen LogP contribution in [-0.4, -0.2) is 52.3 Å². The molecule has 0 heterocycles. The number of carbonyl (C=O) groups excluding carboxylic acids is 4. The average Bonchev–Trinajstić information content (AvgIpc) is 2.63. The number of benzene rings is 1. The van der Waals surface area contributed by atoms with E-state index < -0.39 is 40.7 Å². The number of amides is 2. The summed E-state index contributed by atoms with van der Waals surface area (Å²) in [6.45, 7) is 12.4. The van der Waals surface area contributed by atoms with E-state index in [0.29, 0.717) is 5.01 Å². The quantitative estimate of drug-likeness (QED) is 0.245. The molecule has 1 N–H and O–H groups in total. The van der Waals surface area contributed by atoms with Crippen LogP contribution in [0.1, 0.15) is 65.7 Å². The van der Waals surface area contributed by atoms with Gasteiger partial charge in [0.1, 0.15) is 11.2 Å². The fraction of sp³-hybridized carbons (Fsp3) is 0.545. The number of hydrogen-bond donors (Lipinski definition) is 1. The Morgan fingerprint density at radius 1 is 0.871 bits per heavy atom. The predicted octanol–water partition coefficient (Wildman–Crippen LogP) is 3.87. The first-order valence-electron chi connectivity index (χ1n) is 9.91. The van der Waals surface area contributed by atoms with E-state index in [1.807, 2.05) is 0 Å². The summed E-state index contributed by atoms with van der Waals surface area (Å²) < 4.78 is 15.6. The molecule has 1 aromatic rings. The van der Waals surface area contributed by atoms with E-state index in [4.69, 9.17) is 14.2 Å². The average molecular weight is 437 g/mol. The number of nitrogens with zero attached hydrogens (tertiary/aromatic N) is 1. The van der Waals surface area contributed by atoms with Crippen LogP contribution in [0.2, 0.25) is 0 Å². The number of rotatable bonds is 5. The van der Waals surface area contributed by atoms with Crippen molar-refractivity contribution in [3.8, 4) is 0 Å². The van der Waals surface area contributed by atoms with Gasteiger partial charge in [-0.05, 0) is 55.4 Å². The van der Waals surface area contributed by atoms with Gasteiger partial charge in [0, 0.05) is 5.56 Å². The van der Waals surface area contributed by atoms with Gasteiger partial charge in [-0.2, -0.15) is 5.01 Å². The molecule has 0 fully saturated rings. The smallest absolute Gasteiger partial charge is 0.430 e. The van der Waals surface area contributed by atoms with Gasteiger partial charge >= 0.3 is 18.2 Å². The molecule has 0 radical (unpaired) electrons. The fourth-order valence-corrected chi connectivity index (χ4v) is 2.47. The van der Waals surface area contributed by atoms with Crippen LogP contribution in [-0.2, 0) is 19.0 Å². The van der Waals surface area contributed by atoms with Gasteiger partial charge in [-0.25, -0.2) is 19.8 Å². The van der Waals surface area contributed by atoms with Crippen LogP contribution in [0.25, 0.3) is 0 Å². The minimum atomic E-state index is -2.27. The Bertz CT molecular complexity index is 809. The molecule has 0 spiro atoms. The molecule has 0 aliphatic rings. The topological polar surface area (TPSA) is 111 Å². The Morgan fingerprint density at radius 2 is 1.39 bits per heavy atom. The standard InChI is InChI=1S/C22H32N2O7/c1-9-29-17(26)22(8,16(25)15-13-11-10-12-14-15)24(19(28)31-21(5,6)7)23-18(27)30-20(2,3)4/h10-14H,9H2,1-8H3,(H,23,27)/t22-/m1/s1. The molecule has 0 aromatic heterocycles. The number of hydrogen-bond acceptors (Lipinski definition) is 7. The Morgan fingerprint density at radius 3 is 1.84 bits per heavy atom. The monoisotopic (exact) mass is 436 g/mol. The van der Waals surface area contributed by atoms with E-state index in [9.17, 15) is 19.2 Å². The maximum absolute atomic E-state index is 13.4. The Kier molecular flexibility index (Phi) is 8.20. The van der Waals surface area contributed by atoms with E-state index in [-0.39, 0.29) is 12.2 Å². The summed E-state index contributed by atoms with van der Waals surface area (Å²) in [5.41, 5.74) is -1.80. The number of ether oxygens (including phenoxy) is 3. The first-order valence-corrected chi connectivity index (χ1v) is 9.91. The van der Waals surface area contributed by atoms with Crippen molar-refractivity contribution < 1.29 is 33.4 Å². The lowest BCUT2D eigenvalue weighted by Crippen LogP contribution is -2.67. The summed E-state index contributed by atoms with van der Waals surface area (Å²) in [5.74, 6) is -1.81. The first kappa shape index (κ1) is 25.9. The van der Waals surface area contributed by atoms with Crippen LogP contribution in [0.5, 0.6) is 0 Å². The van der Waals surface area contributed by atoms with E-state index in [1.165, 1.54) is 19.1 Å². The normalized spacial score (nSPS) is 13.4. The van der Waals surface area contributed by atoms with Crippen molar-refractivity contribution in [2.75, 3.05) is 6.61 Å². The van der Waals surface area contributed by atoms with Gasteiger partial charge in [-0.1, -0.05) is 30.3 Å². The molecule has 9 heteroatoms. The highest BCUT2D eigenvalue weighted by Gasteiger charge is 2.53. The SMILES string of the molecule is CCOC(=O)[C@@](C)(C(=O)c1ccccc1)N(NC(=O)OC(C)(C)C)C(=O)OC(C)(C)C. The van der Waals surface area contributed by atoms with E-state index >= 15 is 0 Å². The van der Waals surface area contributed by atoms with Crippen LogP contribution in [0.4, 0.5) is 9.59 Å². The fourth-order valence-electron chi connectivity index (χ4n) is 2.47. The third-order valence-electron chi connectivity index (χ3n) is 3.78. The molecule has 1 aromatic carbocycles. The molecule has 0 saturated heterocycles. The summed E-state index contributed by atoms with van der Waals surface area (Å²) in [6, 6.07) is 7.89. The van der Waals surface area contributed by atoms with Crippen LogP contribution in [0.3, 0.4) is 0 Å². The van der Waals surface area contributed by atoms with Gasteiger partial charge in [0.05, 0.1) is 6.61 Å². The molecular formula is C22H32N2O7. The third-order valence-corrected chi connectivity index (χ3v) is 3.78. The summed E-state index contributed by atoms with van der Waals surface area (Å²) in [6.07, 6.45) is -2.17. The number of Topliss-reactive ketones (excluding diaryl/α,β-unsaturated/α-hetero) is 1. The second kappa shape index (κ2) is 9.80. The number of nitrogens with one attached hydrogen (secondary N) is 1. The highest BCUT2D eigenvalue weighted by atomic mass is 16.6. The number of hydrazine groups is 1. The molecule has 1 rings (SSSR count). The maximum atomic E-state index is 13.4. The number of ketones is 1. The molecule has 9 nitrogen and oxygen atoms in total. The molecular weight excluding hydrogens is 404 g/mol. The van der Waals surface area contributed by atoms with Crippen molar-refractivity contribution >= 4 is 23.9 Å². The van der Waals surface area contributed by atoms with E-state index in [2.05, 4.69) is 5.43 Å². The highest BCUT2D eigenvalue weighted by molar-refractivity contribution is 6.17. The van der Waals surface area contributed by atoms with Crippen molar-refractivity contribution in [3.63, 3.8) is 0 Å². The molecule has 2 amide bonds. The van der Waals surface area contributed by atoms with Crippen molar-refractivity contribution in [1.82, 2.24) is 10.4 Å². The minimum Gasteiger partial charge on any atom is -0.464 e. The molecule has 1 atom stereocenters. The Labute approximate surface area is 183 Å². The molecule has 31 heavy (non-hydrogen) atoms. The largest absolute Gasteiger partial charge is 0.464 e. The second-order valence-electron chi connectivity index (χ2n) is 8.92. The molecule has 0 saturated carbocycles. The van der Waals surface area contributed by atoms with Gasteiger partial charge in [-0.3, -0.25) is 4.79 Å². The predicted molar refractivity (Wildman–Crippen MR) is 113 cm³/mol. The maximum Gasteiger partial charge on any atom is 0.430 e. The molecule has 0 unspecified atom stereocenters. The number of carbonyl (C=O) groups is 4. The lowest BCUT2D eigenvalue weighted by atomic mass is 9.90. The van der Waals surface area contributed by atoms with Gasteiger partial charge < -0.3 is 14.2 Å². The lowest BCUT2D eigenvalue weighted by Gasteiger charge is -2.38. The van der Waals surface area contributed by atoms with Crippen LogP contribution < -0.4 is 5.43 Å². The number of esters is 1. The Balaban J connectivity index is 3.55. The van der Waals surface area contributed by atoms with Crippen molar-refractivity contribution in [2.24, 2.45) is 0 Å². The second-order valence-corrected chi connectivity index (χ2v) is 8.92. The van der Waals surface area contributed by atoms with Gasteiger partial charge in [0.25, 0.3) is 0 Å². The van der Waals surface area contributed by atoms with Crippen LogP contribution >= 0.6 is 0 Å². The van der Waals surface area contributed by atoms with Crippen LogP contribution in [0, 0.1) is 0 Å². The Hall–Kier alpha value is -3.10. The van der Waals surface area contributed by atoms with Gasteiger partial charge in [0.2, 0.25) is 11.3 Å². The van der Waals surface area contributed by atoms with Crippen molar-refractivity contribution in [2.45, 2.75) is 72.1 Å². The zero-order valence-electron chi connectivity index (χ0n) is 19.4. The van der Waals surface area contributed by atoms with E-state index in [1.54, 1.807) is 66.7 Å². The van der Waals surface area contributed by atoms with Gasteiger partial charge in [0.15, 0.2) is 0 Å². The van der Waals surface area contributed by atoms with E-state index in [0.717, 1.165) is 0 Å². The van der Waals surface area contributed by atoms with Crippen LogP contribution in [0.15, 0.2) is 30.3 Å². The van der Waals surface area contributed by atoms with Gasteiger partial charge in [-0.15, -0.1) is 0 Å². The summed E-state index contributed by atoms with van der Waals surface area (Å²) in [5, 5.41) is 0.527. The molecule has 0 bridgehead atoms. The molecule has 0 aliphatic carbocycles. The zero-order chi connectivity index (χ0) is 24.0. The summed E-state index contributed by atoms with van der Waals surface area (Å²) in [7, 11) is 0. The molecule has 0 aliphatic heterocycles. The molecule has 172 valence electrons.